The first-order valence-electron chi connectivity index (χ1n) is 8.52. The Kier molecular flexibility index (Phi) is 6.11. The summed E-state index contributed by atoms with van der Waals surface area (Å²) in [6.45, 7) is 4.45. The molecule has 0 fully saturated rings. The van der Waals surface area contributed by atoms with Gasteiger partial charge in [0, 0.05) is 6.04 Å². The summed E-state index contributed by atoms with van der Waals surface area (Å²) in [6.07, 6.45) is 0.883. The quantitative estimate of drug-likeness (QED) is 0.498. The van der Waals surface area contributed by atoms with Crippen molar-refractivity contribution in [2.75, 3.05) is 5.75 Å². The van der Waals surface area contributed by atoms with Crippen LogP contribution in [0.3, 0.4) is 0 Å². The maximum Gasteiger partial charge on any atom is 0.272 e. The zero-order valence-corrected chi connectivity index (χ0v) is 16.4. The van der Waals surface area contributed by atoms with Crippen molar-refractivity contribution in [1.29, 1.82) is 0 Å². The van der Waals surface area contributed by atoms with E-state index < -0.39 is 0 Å². The molecule has 0 aliphatic heterocycles. The van der Waals surface area contributed by atoms with Gasteiger partial charge in [-0.15, -0.1) is 11.3 Å². The average molecular weight is 388 g/mol. The van der Waals surface area contributed by atoms with Crippen molar-refractivity contribution < 1.29 is 4.79 Å². The van der Waals surface area contributed by atoms with Crippen LogP contribution in [0.4, 0.5) is 0 Å². The van der Waals surface area contributed by atoms with Gasteiger partial charge in [0.1, 0.15) is 4.70 Å². The molecule has 26 heavy (non-hydrogen) atoms. The van der Waals surface area contributed by atoms with E-state index in [1.54, 1.807) is 4.57 Å². The second-order valence-corrected chi connectivity index (χ2v) is 7.93. The second kappa shape index (κ2) is 8.51. The SMILES string of the molecule is CC[C@@H](C)NC(=O)CSc1nc2ccsc2c(=O)n1Cc1ccccc1. The Balaban J connectivity index is 1.88. The molecule has 0 bridgehead atoms. The first-order chi connectivity index (χ1) is 12.6. The average Bonchev–Trinajstić information content (AvgIpc) is 3.12. The number of nitrogens with zero attached hydrogens (tertiary/aromatic N) is 2. The predicted molar refractivity (Wildman–Crippen MR) is 108 cm³/mol. The molecule has 0 saturated carbocycles. The van der Waals surface area contributed by atoms with Crippen molar-refractivity contribution in [2.24, 2.45) is 0 Å². The summed E-state index contributed by atoms with van der Waals surface area (Å²) < 4.78 is 2.31. The van der Waals surface area contributed by atoms with Gasteiger partial charge in [-0.05, 0) is 30.4 Å². The number of amides is 1. The number of carbonyl (C=O) groups excluding carboxylic acids is 1. The molecule has 2 aromatic heterocycles. The molecule has 0 unspecified atom stereocenters. The Morgan fingerprint density at radius 1 is 1.31 bits per heavy atom. The second-order valence-electron chi connectivity index (χ2n) is 6.07. The van der Waals surface area contributed by atoms with Crippen molar-refractivity contribution >= 4 is 39.2 Å². The number of nitrogens with one attached hydrogen (secondary N) is 1. The molecule has 5 nitrogen and oxygen atoms in total. The summed E-state index contributed by atoms with van der Waals surface area (Å²) >= 11 is 2.70. The lowest BCUT2D eigenvalue weighted by atomic mass is 10.2. The van der Waals surface area contributed by atoms with Crippen LogP contribution in [-0.4, -0.2) is 27.3 Å². The summed E-state index contributed by atoms with van der Waals surface area (Å²) in [7, 11) is 0. The lowest BCUT2D eigenvalue weighted by Crippen LogP contribution is -2.33. The van der Waals surface area contributed by atoms with Gasteiger partial charge in [-0.2, -0.15) is 0 Å². The molecule has 7 heteroatoms. The van der Waals surface area contributed by atoms with Gasteiger partial charge in [0.25, 0.3) is 5.56 Å². The molecule has 3 rings (SSSR count). The minimum absolute atomic E-state index is 0.0460. The normalized spacial score (nSPS) is 12.2. The monoisotopic (exact) mass is 387 g/mol. The van der Waals surface area contributed by atoms with Gasteiger partial charge in [-0.1, -0.05) is 49.0 Å². The summed E-state index contributed by atoms with van der Waals surface area (Å²) in [5, 5.41) is 5.39. The van der Waals surface area contributed by atoms with Crippen molar-refractivity contribution in [3.05, 3.63) is 57.7 Å². The molecule has 0 radical (unpaired) electrons. The molecule has 2 heterocycles. The molecule has 3 aromatic rings. The van der Waals surface area contributed by atoms with E-state index in [-0.39, 0.29) is 23.3 Å². The summed E-state index contributed by atoms with van der Waals surface area (Å²) in [5.41, 5.74) is 1.66. The Morgan fingerprint density at radius 2 is 2.08 bits per heavy atom. The van der Waals surface area contributed by atoms with E-state index in [0.717, 1.165) is 12.0 Å². The Morgan fingerprint density at radius 3 is 2.81 bits per heavy atom. The van der Waals surface area contributed by atoms with E-state index in [4.69, 9.17) is 0 Å². The van der Waals surface area contributed by atoms with Crippen LogP contribution < -0.4 is 10.9 Å². The first-order valence-corrected chi connectivity index (χ1v) is 10.4. The molecule has 1 amide bonds. The lowest BCUT2D eigenvalue weighted by molar-refractivity contribution is -0.119. The number of benzene rings is 1. The van der Waals surface area contributed by atoms with E-state index in [1.807, 2.05) is 55.6 Å². The number of hydrogen-bond donors (Lipinski definition) is 1. The highest BCUT2D eigenvalue weighted by Gasteiger charge is 2.15. The van der Waals surface area contributed by atoms with Gasteiger partial charge < -0.3 is 5.32 Å². The fourth-order valence-corrected chi connectivity index (χ4v) is 4.08. The van der Waals surface area contributed by atoms with E-state index in [2.05, 4.69) is 10.3 Å². The van der Waals surface area contributed by atoms with Gasteiger partial charge >= 0.3 is 0 Å². The Bertz CT molecular complexity index is 950. The topological polar surface area (TPSA) is 64.0 Å². The number of rotatable bonds is 7. The predicted octanol–water partition coefficient (Wildman–Crippen LogP) is 3.51. The molecule has 0 aliphatic rings. The Hall–Kier alpha value is -2.12. The first kappa shape index (κ1) is 18.7. The highest BCUT2D eigenvalue weighted by molar-refractivity contribution is 7.99. The van der Waals surface area contributed by atoms with Crippen LogP contribution in [0.2, 0.25) is 0 Å². The zero-order valence-electron chi connectivity index (χ0n) is 14.8. The third-order valence-electron chi connectivity index (χ3n) is 4.07. The van der Waals surface area contributed by atoms with E-state index >= 15 is 0 Å². The molecule has 0 saturated heterocycles. The van der Waals surface area contributed by atoms with Gasteiger partial charge in [0.05, 0.1) is 17.8 Å². The fourth-order valence-electron chi connectivity index (χ4n) is 2.49. The van der Waals surface area contributed by atoms with Crippen LogP contribution >= 0.6 is 23.1 Å². The van der Waals surface area contributed by atoms with Crippen LogP contribution in [0.15, 0.2) is 51.7 Å². The molecule has 136 valence electrons. The molecule has 1 aromatic carbocycles. The van der Waals surface area contributed by atoms with Crippen LogP contribution in [0, 0.1) is 0 Å². The van der Waals surface area contributed by atoms with Crippen LogP contribution in [0.5, 0.6) is 0 Å². The minimum Gasteiger partial charge on any atom is -0.353 e. The van der Waals surface area contributed by atoms with E-state index in [1.165, 1.54) is 23.1 Å². The third kappa shape index (κ3) is 4.34. The molecule has 1 N–H and O–H groups in total. The molecule has 0 spiro atoms. The number of thiophene rings is 1. The van der Waals surface area contributed by atoms with Crippen molar-refractivity contribution in [2.45, 2.75) is 38.0 Å². The largest absolute Gasteiger partial charge is 0.353 e. The smallest absolute Gasteiger partial charge is 0.272 e. The van der Waals surface area contributed by atoms with Crippen LogP contribution in [-0.2, 0) is 11.3 Å². The van der Waals surface area contributed by atoms with Crippen molar-refractivity contribution in [1.82, 2.24) is 14.9 Å². The molecule has 0 aliphatic carbocycles. The van der Waals surface area contributed by atoms with Gasteiger partial charge in [0.2, 0.25) is 5.91 Å². The minimum atomic E-state index is -0.0568. The van der Waals surface area contributed by atoms with Gasteiger partial charge in [-0.25, -0.2) is 4.98 Å². The third-order valence-corrected chi connectivity index (χ3v) is 5.93. The standard InChI is InChI=1S/C19H21N3O2S2/c1-3-13(2)20-16(23)12-26-19-21-15-9-10-25-17(15)18(24)22(19)11-14-7-5-4-6-8-14/h4-10,13H,3,11-12H2,1-2H3,(H,20,23)/t13-/m1/s1. The van der Waals surface area contributed by atoms with Gasteiger partial charge in [0.15, 0.2) is 5.16 Å². The highest BCUT2D eigenvalue weighted by atomic mass is 32.2. The molecule has 1 atom stereocenters. The van der Waals surface area contributed by atoms with Crippen LogP contribution in [0.25, 0.3) is 10.2 Å². The van der Waals surface area contributed by atoms with Gasteiger partial charge in [-0.3, -0.25) is 14.2 Å². The number of fused-ring (bicyclic) bond motifs is 1. The molecular weight excluding hydrogens is 366 g/mol. The summed E-state index contributed by atoms with van der Waals surface area (Å²) in [5.74, 6) is 0.191. The number of aromatic nitrogens is 2. The number of carbonyl (C=O) groups is 1. The number of thioether (sulfide) groups is 1. The highest BCUT2D eigenvalue weighted by Crippen LogP contribution is 2.21. The maximum atomic E-state index is 12.9. The zero-order chi connectivity index (χ0) is 18.5. The lowest BCUT2D eigenvalue weighted by Gasteiger charge is -2.13. The number of hydrogen-bond acceptors (Lipinski definition) is 5. The fraction of sp³-hybridized carbons (Fsp3) is 0.316. The van der Waals surface area contributed by atoms with Crippen molar-refractivity contribution in [3.63, 3.8) is 0 Å². The van der Waals surface area contributed by atoms with E-state index in [9.17, 15) is 9.59 Å². The van der Waals surface area contributed by atoms with E-state index in [0.29, 0.717) is 21.9 Å². The summed E-state index contributed by atoms with van der Waals surface area (Å²) in [4.78, 5) is 29.6. The van der Waals surface area contributed by atoms with Crippen LogP contribution in [0.1, 0.15) is 25.8 Å². The van der Waals surface area contributed by atoms with Crippen molar-refractivity contribution in [3.8, 4) is 0 Å². The molecular formula is C19H21N3O2S2. The Labute approximate surface area is 160 Å². The summed E-state index contributed by atoms with van der Waals surface area (Å²) in [6, 6.07) is 11.8. The maximum absolute atomic E-state index is 12.9.